The summed E-state index contributed by atoms with van der Waals surface area (Å²) in [5.74, 6) is 0.690. The maximum Gasteiger partial charge on any atom is 0.318 e. The molecule has 202 valence electrons. The van der Waals surface area contributed by atoms with Gasteiger partial charge < -0.3 is 19.4 Å². The van der Waals surface area contributed by atoms with Crippen LogP contribution < -0.4 is 14.5 Å². The quantitative estimate of drug-likeness (QED) is 0.386. The lowest BCUT2D eigenvalue weighted by Crippen LogP contribution is -2.35. The molecule has 0 unspecified atom stereocenters. The largest absolute Gasteiger partial charge is 0.462 e. The van der Waals surface area contributed by atoms with Gasteiger partial charge >= 0.3 is 6.01 Å². The van der Waals surface area contributed by atoms with Crippen molar-refractivity contribution in [2.24, 2.45) is 0 Å². The molecule has 0 radical (unpaired) electrons. The number of hydrogen-bond acceptors (Lipinski definition) is 8. The highest BCUT2D eigenvalue weighted by Gasteiger charge is 2.27. The van der Waals surface area contributed by atoms with Gasteiger partial charge in [-0.1, -0.05) is 42.4 Å². The number of benzene rings is 2. The Balaban J connectivity index is 1.47. The van der Waals surface area contributed by atoms with E-state index in [9.17, 15) is 8.42 Å². The van der Waals surface area contributed by atoms with Gasteiger partial charge in [-0.2, -0.15) is 9.97 Å². The van der Waals surface area contributed by atoms with E-state index < -0.39 is 9.84 Å². The molecule has 2 aliphatic rings. The molecule has 0 amide bonds. The normalized spacial score (nSPS) is 18.0. The van der Waals surface area contributed by atoms with Crippen LogP contribution >= 0.6 is 11.6 Å². The lowest BCUT2D eigenvalue weighted by molar-refractivity contribution is 0.187. The molecule has 3 aromatic rings. The lowest BCUT2D eigenvalue weighted by atomic mass is 10.0. The van der Waals surface area contributed by atoms with Gasteiger partial charge in [0.15, 0.2) is 9.84 Å². The second kappa shape index (κ2) is 11.1. The molecule has 5 rings (SSSR count). The van der Waals surface area contributed by atoms with Crippen molar-refractivity contribution in [3.63, 3.8) is 0 Å². The Labute approximate surface area is 229 Å². The predicted molar refractivity (Wildman–Crippen MR) is 154 cm³/mol. The van der Waals surface area contributed by atoms with Crippen LogP contribution in [0.25, 0.3) is 10.8 Å². The third-order valence-electron chi connectivity index (χ3n) is 7.60. The first kappa shape index (κ1) is 26.7. The number of halogens is 1. The van der Waals surface area contributed by atoms with E-state index in [4.69, 9.17) is 26.3 Å². The van der Waals surface area contributed by atoms with Crippen LogP contribution in [-0.2, 0) is 22.8 Å². The van der Waals surface area contributed by atoms with Crippen LogP contribution in [0.1, 0.15) is 24.1 Å². The molecular formula is C28H34ClN5O3S. The number of likely N-dealkylation sites (N-methyl/N-ethyl adjacent to an activating group) is 1. The number of likely N-dealkylation sites (tertiary alicyclic amines) is 1. The minimum atomic E-state index is -3.33. The maximum atomic E-state index is 12.1. The van der Waals surface area contributed by atoms with E-state index in [0.717, 1.165) is 76.3 Å². The average molecular weight is 556 g/mol. The molecule has 0 bridgehead atoms. The third kappa shape index (κ3) is 5.60. The van der Waals surface area contributed by atoms with Crippen LogP contribution in [0.15, 0.2) is 48.4 Å². The second-order valence-electron chi connectivity index (χ2n) is 10.1. The fraction of sp³-hybridized carbons (Fsp3) is 0.429. The Morgan fingerprint density at radius 1 is 1.21 bits per heavy atom. The van der Waals surface area contributed by atoms with E-state index in [1.165, 1.54) is 0 Å². The summed E-state index contributed by atoms with van der Waals surface area (Å²) in [6.07, 6.45) is 2.96. The molecule has 8 nitrogen and oxygen atoms in total. The summed E-state index contributed by atoms with van der Waals surface area (Å²) in [6.45, 7) is 6.65. The smallest absolute Gasteiger partial charge is 0.318 e. The van der Waals surface area contributed by atoms with Gasteiger partial charge in [-0.25, -0.2) is 8.42 Å². The van der Waals surface area contributed by atoms with Crippen molar-refractivity contribution in [2.75, 3.05) is 55.9 Å². The van der Waals surface area contributed by atoms with E-state index in [0.29, 0.717) is 31.7 Å². The first-order valence-electron chi connectivity index (χ1n) is 13.0. The molecule has 0 spiro atoms. The van der Waals surface area contributed by atoms with Crippen molar-refractivity contribution in [1.82, 2.24) is 14.9 Å². The van der Waals surface area contributed by atoms with E-state index in [2.05, 4.69) is 47.7 Å². The number of sulfone groups is 1. The molecule has 0 aliphatic carbocycles. The van der Waals surface area contributed by atoms with E-state index in [-0.39, 0.29) is 5.75 Å². The summed E-state index contributed by atoms with van der Waals surface area (Å²) in [7, 11) is 0.650. The van der Waals surface area contributed by atoms with Gasteiger partial charge in [-0.05, 0) is 50.4 Å². The Kier molecular flexibility index (Phi) is 7.79. The van der Waals surface area contributed by atoms with Gasteiger partial charge in [0.2, 0.25) is 0 Å². The van der Waals surface area contributed by atoms with E-state index in [1.54, 1.807) is 0 Å². The number of aromatic nitrogens is 2. The topological polar surface area (TPSA) is 78.9 Å². The highest BCUT2D eigenvalue weighted by molar-refractivity contribution is 7.94. The monoisotopic (exact) mass is 555 g/mol. The number of fused-ring (bicyclic) bond motifs is 2. The van der Waals surface area contributed by atoms with Crippen molar-refractivity contribution in [3.8, 4) is 6.01 Å². The van der Waals surface area contributed by atoms with E-state index >= 15 is 0 Å². The van der Waals surface area contributed by atoms with Gasteiger partial charge in [0.05, 0.1) is 23.0 Å². The van der Waals surface area contributed by atoms with E-state index in [1.807, 2.05) is 24.1 Å². The summed E-state index contributed by atoms with van der Waals surface area (Å²) in [6, 6.07) is 12.8. The molecule has 3 heterocycles. The Bertz CT molecular complexity index is 1440. The van der Waals surface area contributed by atoms with Gasteiger partial charge in [0.1, 0.15) is 12.4 Å². The van der Waals surface area contributed by atoms with Crippen LogP contribution in [0.2, 0.25) is 5.02 Å². The molecule has 1 saturated heterocycles. The third-order valence-corrected chi connectivity index (χ3v) is 9.17. The summed E-state index contributed by atoms with van der Waals surface area (Å²) < 4.78 is 30.3. The number of rotatable bonds is 9. The fourth-order valence-electron chi connectivity index (χ4n) is 5.33. The highest BCUT2D eigenvalue weighted by atomic mass is 35.5. The van der Waals surface area contributed by atoms with Crippen LogP contribution in [0.5, 0.6) is 6.01 Å². The standard InChI is InChI=1S/C28H34ClN5O3S/c1-4-38(35,36)17-16-33(3)27-22-13-15-34(25-12-6-9-20-8-5-11-23(29)26(20)25)18-24(22)30-28(31-27)37-19-21-10-7-14-32(21)2/h4-6,8-9,11-12,21H,1,7,10,13-19H2,2-3H3/t21-/m0/s1. The number of hydrogen-bond donors (Lipinski definition) is 0. The van der Waals surface area contributed by atoms with Crippen LogP contribution in [0.4, 0.5) is 11.5 Å². The highest BCUT2D eigenvalue weighted by Crippen LogP contribution is 2.36. The zero-order valence-corrected chi connectivity index (χ0v) is 23.5. The zero-order valence-electron chi connectivity index (χ0n) is 21.9. The molecule has 1 atom stereocenters. The molecule has 1 fully saturated rings. The average Bonchev–Trinajstić information content (AvgIpc) is 3.34. The Hall–Kier alpha value is -2.88. The van der Waals surface area contributed by atoms with Crippen molar-refractivity contribution in [1.29, 1.82) is 0 Å². The van der Waals surface area contributed by atoms with Crippen molar-refractivity contribution in [2.45, 2.75) is 31.8 Å². The molecule has 2 aromatic carbocycles. The maximum absolute atomic E-state index is 12.1. The molecular weight excluding hydrogens is 522 g/mol. The predicted octanol–water partition coefficient (Wildman–Crippen LogP) is 4.31. The first-order chi connectivity index (χ1) is 18.3. The second-order valence-corrected chi connectivity index (χ2v) is 12.6. The van der Waals surface area contributed by atoms with Gasteiger partial charge in [-0.3, -0.25) is 0 Å². The summed E-state index contributed by atoms with van der Waals surface area (Å²) in [5.41, 5.74) is 2.98. The number of ether oxygens (including phenoxy) is 1. The molecule has 0 saturated carbocycles. The van der Waals surface area contributed by atoms with Crippen molar-refractivity contribution < 1.29 is 13.2 Å². The van der Waals surface area contributed by atoms with Crippen molar-refractivity contribution >= 4 is 43.7 Å². The molecule has 2 aliphatic heterocycles. The zero-order chi connectivity index (χ0) is 26.9. The first-order valence-corrected chi connectivity index (χ1v) is 15.1. The fourth-order valence-corrected chi connectivity index (χ4v) is 6.30. The summed E-state index contributed by atoms with van der Waals surface area (Å²) in [5, 5.41) is 3.86. The minimum Gasteiger partial charge on any atom is -0.462 e. The summed E-state index contributed by atoms with van der Waals surface area (Å²) >= 11 is 6.63. The van der Waals surface area contributed by atoms with Crippen LogP contribution in [0.3, 0.4) is 0 Å². The molecule has 10 heteroatoms. The van der Waals surface area contributed by atoms with Crippen LogP contribution in [-0.4, -0.2) is 75.4 Å². The Morgan fingerprint density at radius 2 is 2.00 bits per heavy atom. The summed E-state index contributed by atoms with van der Waals surface area (Å²) in [4.78, 5) is 16.1. The molecule has 1 aromatic heterocycles. The van der Waals surface area contributed by atoms with Crippen molar-refractivity contribution in [3.05, 3.63) is 64.7 Å². The molecule has 0 N–H and O–H groups in total. The number of anilines is 2. The van der Waals surface area contributed by atoms with Gasteiger partial charge in [-0.15, -0.1) is 0 Å². The molecule has 38 heavy (non-hydrogen) atoms. The SMILES string of the molecule is C=CS(=O)(=O)CCN(C)c1nc(OC[C@@H]2CCCN2C)nc2c1CCN(c1cccc3cccc(Cl)c13)C2. The van der Waals surface area contributed by atoms with Gasteiger partial charge in [0, 0.05) is 48.2 Å². The van der Waals surface area contributed by atoms with Gasteiger partial charge in [0.25, 0.3) is 0 Å². The Morgan fingerprint density at radius 3 is 2.74 bits per heavy atom. The lowest BCUT2D eigenvalue weighted by Gasteiger charge is -2.33. The number of nitrogens with zero attached hydrogens (tertiary/aromatic N) is 5. The van der Waals surface area contributed by atoms with Crippen LogP contribution in [0, 0.1) is 0 Å². The minimum absolute atomic E-state index is 0.0323.